The lowest BCUT2D eigenvalue weighted by atomic mass is 9.95. The molecule has 0 bridgehead atoms. The summed E-state index contributed by atoms with van der Waals surface area (Å²) in [5.74, 6) is 0. The smallest absolute Gasteiger partial charge is 0.111 e. The van der Waals surface area contributed by atoms with Gasteiger partial charge in [0.1, 0.15) is 7.85 Å². The Labute approximate surface area is 92.4 Å². The molecule has 1 saturated heterocycles. The van der Waals surface area contributed by atoms with Crippen molar-refractivity contribution in [3.05, 3.63) is 0 Å². The lowest BCUT2D eigenvalue weighted by Crippen LogP contribution is -2.28. The molecular formula is C9H17BClO2P. The molecule has 0 aromatic rings. The zero-order valence-electron chi connectivity index (χ0n) is 8.69. The molecule has 1 unspecified atom stereocenters. The van der Waals surface area contributed by atoms with Crippen LogP contribution in [-0.4, -0.2) is 62.3 Å². The van der Waals surface area contributed by atoms with Gasteiger partial charge in [-0.15, -0.1) is 24.8 Å². The van der Waals surface area contributed by atoms with Crippen LogP contribution < -0.4 is 0 Å². The molecule has 14 heavy (non-hydrogen) atoms. The largest absolute Gasteiger partial charge is 0.389 e. The third-order valence-electron chi connectivity index (χ3n) is 2.37. The summed E-state index contributed by atoms with van der Waals surface area (Å²) in [7, 11) is 5.58. The van der Waals surface area contributed by atoms with Crippen molar-refractivity contribution in [1.29, 1.82) is 0 Å². The molecule has 2 nitrogen and oxygen atoms in total. The van der Waals surface area contributed by atoms with Gasteiger partial charge in [-0.2, -0.15) is 0 Å². The molecule has 0 aromatic carbocycles. The zero-order chi connectivity index (χ0) is 10.9. The summed E-state index contributed by atoms with van der Waals surface area (Å²) in [4.78, 5) is 0. The lowest BCUT2D eigenvalue weighted by molar-refractivity contribution is 0.0312. The Bertz CT molecular complexity index is 243. The van der Waals surface area contributed by atoms with E-state index in [1.54, 1.807) is 0 Å². The van der Waals surface area contributed by atoms with Crippen LogP contribution in [-0.2, 0) is 4.74 Å². The number of aliphatic hydroxyl groups excluding tert-OH is 1. The maximum Gasteiger partial charge on any atom is 0.111 e. The summed E-state index contributed by atoms with van der Waals surface area (Å²) < 4.78 is 5.37. The summed E-state index contributed by atoms with van der Waals surface area (Å²) in [6, 6.07) is -0.539. The Balaban J connectivity index is 2.44. The molecule has 5 heteroatoms. The SMILES string of the molecule is [B][C@@H]1O[C@H](CCP(=C)(C)C)[C@@H](O)C1Cl. The maximum atomic E-state index is 9.68. The number of ether oxygens (including phenoxy) is 1. The lowest BCUT2D eigenvalue weighted by Gasteiger charge is -2.18. The summed E-state index contributed by atoms with van der Waals surface area (Å²) >= 11 is 5.85. The Morgan fingerprint density at radius 3 is 2.50 bits per heavy atom. The van der Waals surface area contributed by atoms with E-state index in [-0.39, 0.29) is 6.10 Å². The van der Waals surface area contributed by atoms with Crippen LogP contribution in [0.15, 0.2) is 0 Å². The van der Waals surface area contributed by atoms with Gasteiger partial charge in [0.25, 0.3) is 0 Å². The van der Waals surface area contributed by atoms with Gasteiger partial charge >= 0.3 is 0 Å². The van der Waals surface area contributed by atoms with E-state index in [9.17, 15) is 5.11 Å². The van der Waals surface area contributed by atoms with E-state index in [1.807, 2.05) is 0 Å². The minimum atomic E-state index is -1.06. The molecule has 1 aliphatic heterocycles. The van der Waals surface area contributed by atoms with Crippen LogP contribution in [0, 0.1) is 0 Å². The monoisotopic (exact) mass is 234 g/mol. The molecule has 1 aliphatic rings. The van der Waals surface area contributed by atoms with Crippen LogP contribution in [0.5, 0.6) is 0 Å². The predicted molar refractivity (Wildman–Crippen MR) is 65.4 cm³/mol. The topological polar surface area (TPSA) is 29.5 Å². The van der Waals surface area contributed by atoms with Crippen LogP contribution in [0.3, 0.4) is 0 Å². The first-order chi connectivity index (χ1) is 6.31. The number of hydrogen-bond acceptors (Lipinski definition) is 2. The molecule has 1 rings (SSSR count). The van der Waals surface area contributed by atoms with Crippen LogP contribution >= 0.6 is 18.5 Å². The standard InChI is InChI=1S/C9H17BClO2P/c1-14(2,3)5-4-6-8(12)7(11)9(10)13-6/h6-9,12H,1,4-5H2,2-3H3/t6-,7?,8-,9-/m1/s1. The van der Waals surface area contributed by atoms with Gasteiger partial charge in [0.15, 0.2) is 0 Å². The van der Waals surface area contributed by atoms with Crippen LogP contribution in [0.2, 0.25) is 0 Å². The minimum Gasteiger partial charge on any atom is -0.389 e. The highest BCUT2D eigenvalue weighted by molar-refractivity contribution is 7.72. The average molecular weight is 234 g/mol. The van der Waals surface area contributed by atoms with Gasteiger partial charge in [-0.25, -0.2) is 0 Å². The summed E-state index contributed by atoms with van der Waals surface area (Å²) in [5, 5.41) is 9.20. The molecule has 0 saturated carbocycles. The fourth-order valence-electron chi connectivity index (χ4n) is 1.47. The van der Waals surface area contributed by atoms with Gasteiger partial charge in [-0.05, 0) is 25.9 Å². The average Bonchev–Trinajstić information content (AvgIpc) is 2.28. The zero-order valence-corrected chi connectivity index (χ0v) is 10.3. The molecular weight excluding hydrogens is 217 g/mol. The predicted octanol–water partition coefficient (Wildman–Crippen LogP) is 0.947. The number of hydrogen-bond donors (Lipinski definition) is 1. The van der Waals surface area contributed by atoms with E-state index in [0.29, 0.717) is 0 Å². The molecule has 1 N–H and O–H groups in total. The quantitative estimate of drug-likeness (QED) is 0.448. The fourth-order valence-corrected chi connectivity index (χ4v) is 2.65. The Hall–Kier alpha value is 0.575. The van der Waals surface area contributed by atoms with Crippen molar-refractivity contribution in [3.8, 4) is 0 Å². The first-order valence-corrected chi connectivity index (χ1v) is 8.21. The maximum absolute atomic E-state index is 9.68. The van der Waals surface area contributed by atoms with E-state index >= 15 is 0 Å². The highest BCUT2D eigenvalue weighted by Crippen LogP contribution is 2.38. The molecule has 0 amide bonds. The van der Waals surface area contributed by atoms with Gasteiger partial charge in [0, 0.05) is 6.00 Å². The summed E-state index contributed by atoms with van der Waals surface area (Å²) in [5.41, 5.74) is 0. The first kappa shape index (κ1) is 12.6. The molecule has 0 aromatic heterocycles. The van der Waals surface area contributed by atoms with Gasteiger partial charge in [0.2, 0.25) is 0 Å². The van der Waals surface area contributed by atoms with Crippen molar-refractivity contribution in [1.82, 2.24) is 0 Å². The number of rotatable bonds is 3. The van der Waals surface area contributed by atoms with Crippen molar-refractivity contribution in [2.45, 2.75) is 30.0 Å². The van der Waals surface area contributed by atoms with Crippen LogP contribution in [0.4, 0.5) is 0 Å². The van der Waals surface area contributed by atoms with Gasteiger partial charge in [-0.3, -0.25) is 0 Å². The molecule has 0 aliphatic carbocycles. The van der Waals surface area contributed by atoms with E-state index in [1.165, 1.54) is 0 Å². The number of aliphatic hydroxyl groups is 1. The van der Waals surface area contributed by atoms with Gasteiger partial charge < -0.3 is 9.84 Å². The van der Waals surface area contributed by atoms with Crippen molar-refractivity contribution in [2.75, 3.05) is 19.5 Å². The number of alkyl halides is 1. The molecule has 80 valence electrons. The molecule has 4 atom stereocenters. The van der Waals surface area contributed by atoms with Gasteiger partial charge in [0.05, 0.1) is 17.6 Å². The third-order valence-corrected chi connectivity index (χ3v) is 4.35. The van der Waals surface area contributed by atoms with E-state index < -0.39 is 24.4 Å². The second-order valence-corrected chi connectivity index (χ2v) is 9.34. The first-order valence-electron chi connectivity index (χ1n) is 4.72. The Morgan fingerprint density at radius 1 is 1.57 bits per heavy atom. The van der Waals surface area contributed by atoms with Crippen molar-refractivity contribution in [2.24, 2.45) is 0 Å². The van der Waals surface area contributed by atoms with Crippen LogP contribution in [0.25, 0.3) is 0 Å². The van der Waals surface area contributed by atoms with Gasteiger partial charge in [-0.1, -0.05) is 0 Å². The third kappa shape index (κ3) is 3.31. The van der Waals surface area contributed by atoms with Crippen molar-refractivity contribution < 1.29 is 9.84 Å². The minimum absolute atomic E-state index is 0.214. The highest BCUT2D eigenvalue weighted by Gasteiger charge is 2.39. The molecule has 1 heterocycles. The van der Waals surface area contributed by atoms with Crippen molar-refractivity contribution >= 4 is 32.6 Å². The summed E-state index contributed by atoms with van der Waals surface area (Å²) in [6.07, 6.45) is 5.03. The number of halogens is 1. The van der Waals surface area contributed by atoms with E-state index in [4.69, 9.17) is 24.2 Å². The normalized spacial score (nSPS) is 38.9. The second-order valence-electron chi connectivity index (χ2n) is 4.52. The fraction of sp³-hybridized carbons (Fsp3) is 0.889. The Morgan fingerprint density at radius 2 is 2.14 bits per heavy atom. The highest BCUT2D eigenvalue weighted by atomic mass is 35.5. The van der Waals surface area contributed by atoms with E-state index in [0.717, 1.165) is 12.6 Å². The summed E-state index contributed by atoms with van der Waals surface area (Å²) in [6.45, 7) is 3.26. The van der Waals surface area contributed by atoms with E-state index in [2.05, 4.69) is 19.6 Å². The molecule has 1 fully saturated rings. The van der Waals surface area contributed by atoms with Crippen molar-refractivity contribution in [3.63, 3.8) is 0 Å². The molecule has 2 radical (unpaired) electrons. The second kappa shape index (κ2) is 4.61. The van der Waals surface area contributed by atoms with Crippen LogP contribution in [0.1, 0.15) is 6.42 Å². The Kier molecular flexibility index (Phi) is 4.16. The molecule has 0 spiro atoms.